The fourth-order valence-corrected chi connectivity index (χ4v) is 10.9. The number of hydrogen-bond acceptors (Lipinski definition) is 3. The third-order valence-electron chi connectivity index (χ3n) is 13.3. The van der Waals surface area contributed by atoms with Crippen LogP contribution >= 0.6 is 0 Å². The van der Waals surface area contributed by atoms with Crippen molar-refractivity contribution in [3.63, 3.8) is 0 Å². The molecule has 3 heteroatoms. The number of carbonyl (C=O) groups is 3. The SMILES string of the molecule is C[C@H]1C(=O)CC[C@@H]2[C@]1(C)CC[C@H]1[C@@]2(C)CC(=O)[C@@]2(C)[C@@H]3CC(C)(C)CC[C@]3(C=O)CC[C@]12C. The molecule has 5 aliphatic carbocycles. The van der Waals surface area contributed by atoms with Crippen LogP contribution in [-0.4, -0.2) is 17.9 Å². The molecule has 0 aromatic carbocycles. The van der Waals surface area contributed by atoms with Gasteiger partial charge in [-0.05, 0) is 90.8 Å². The number of rotatable bonds is 1. The molecule has 0 heterocycles. The summed E-state index contributed by atoms with van der Waals surface area (Å²) in [7, 11) is 0. The lowest BCUT2D eigenvalue weighted by molar-refractivity contribution is -0.239. The molecule has 9 atom stereocenters. The van der Waals surface area contributed by atoms with E-state index in [1.807, 2.05) is 0 Å². The Bertz CT molecular complexity index is 904. The van der Waals surface area contributed by atoms with E-state index >= 15 is 0 Å². The molecule has 5 aliphatic rings. The second-order valence-corrected chi connectivity index (χ2v) is 14.9. The molecule has 0 aromatic heterocycles. The lowest BCUT2D eigenvalue weighted by atomic mass is 9.30. The lowest BCUT2D eigenvalue weighted by Gasteiger charge is -2.73. The monoisotopic (exact) mass is 454 g/mol. The maximum Gasteiger partial charge on any atom is 0.140 e. The van der Waals surface area contributed by atoms with E-state index in [-0.39, 0.29) is 38.9 Å². The van der Waals surface area contributed by atoms with Gasteiger partial charge in [0.1, 0.15) is 17.9 Å². The highest BCUT2D eigenvalue weighted by atomic mass is 16.1. The summed E-state index contributed by atoms with van der Waals surface area (Å²) in [6.45, 7) is 16.3. The topological polar surface area (TPSA) is 51.2 Å². The van der Waals surface area contributed by atoms with Crippen LogP contribution in [0.4, 0.5) is 0 Å². The fraction of sp³-hybridized carbons (Fsp3) is 0.900. The Morgan fingerprint density at radius 2 is 1.45 bits per heavy atom. The zero-order valence-electron chi connectivity index (χ0n) is 22.2. The summed E-state index contributed by atoms with van der Waals surface area (Å²) >= 11 is 0. The Hall–Kier alpha value is -0.990. The second-order valence-electron chi connectivity index (χ2n) is 14.9. The predicted molar refractivity (Wildman–Crippen MR) is 131 cm³/mol. The van der Waals surface area contributed by atoms with Crippen LogP contribution in [0, 0.1) is 56.2 Å². The summed E-state index contributed by atoms with van der Waals surface area (Å²) in [5.41, 5.74) is -0.671. The van der Waals surface area contributed by atoms with Gasteiger partial charge in [-0.3, -0.25) is 9.59 Å². The van der Waals surface area contributed by atoms with E-state index in [1.165, 1.54) is 6.29 Å². The predicted octanol–water partition coefficient (Wildman–Crippen LogP) is 6.82. The van der Waals surface area contributed by atoms with Gasteiger partial charge in [0.05, 0.1) is 0 Å². The lowest BCUT2D eigenvalue weighted by Crippen LogP contribution is -2.71. The van der Waals surface area contributed by atoms with Gasteiger partial charge in [-0.25, -0.2) is 0 Å². The van der Waals surface area contributed by atoms with E-state index in [0.29, 0.717) is 36.2 Å². The Balaban J connectivity index is 1.61. The molecule has 0 saturated heterocycles. The highest BCUT2D eigenvalue weighted by Gasteiger charge is 2.74. The van der Waals surface area contributed by atoms with Gasteiger partial charge >= 0.3 is 0 Å². The molecule has 0 spiro atoms. The second kappa shape index (κ2) is 6.82. The van der Waals surface area contributed by atoms with Gasteiger partial charge in [0, 0.05) is 29.6 Å². The number of hydrogen-bond donors (Lipinski definition) is 0. The Labute approximate surface area is 201 Å². The van der Waals surface area contributed by atoms with Crippen LogP contribution in [0.15, 0.2) is 0 Å². The molecule has 0 radical (unpaired) electrons. The van der Waals surface area contributed by atoms with Crippen molar-refractivity contribution < 1.29 is 14.4 Å². The number of fused-ring (bicyclic) bond motifs is 7. The summed E-state index contributed by atoms with van der Waals surface area (Å²) in [5.74, 6) is 2.02. The van der Waals surface area contributed by atoms with Crippen molar-refractivity contribution in [3.05, 3.63) is 0 Å². The van der Waals surface area contributed by atoms with E-state index in [1.54, 1.807) is 0 Å². The van der Waals surface area contributed by atoms with Crippen molar-refractivity contribution in [1.82, 2.24) is 0 Å². The highest BCUT2D eigenvalue weighted by Crippen LogP contribution is 2.77. The first-order chi connectivity index (χ1) is 15.2. The molecule has 0 unspecified atom stereocenters. The van der Waals surface area contributed by atoms with Crippen LogP contribution in [0.1, 0.15) is 113 Å². The summed E-state index contributed by atoms with van der Waals surface area (Å²) in [4.78, 5) is 39.8. The molecule has 0 aliphatic heterocycles. The first-order valence-corrected chi connectivity index (χ1v) is 13.7. The summed E-state index contributed by atoms with van der Waals surface area (Å²) in [5, 5.41) is 0. The van der Waals surface area contributed by atoms with Gasteiger partial charge < -0.3 is 4.79 Å². The molecular formula is C30H46O3. The molecule has 0 aromatic rings. The number of aldehydes is 1. The molecule has 184 valence electrons. The normalized spacial score (nSPS) is 55.6. The van der Waals surface area contributed by atoms with Crippen molar-refractivity contribution in [1.29, 1.82) is 0 Å². The van der Waals surface area contributed by atoms with Crippen molar-refractivity contribution >= 4 is 17.9 Å². The number of ketones is 2. The van der Waals surface area contributed by atoms with Crippen molar-refractivity contribution in [2.45, 2.75) is 113 Å². The smallest absolute Gasteiger partial charge is 0.140 e. The average Bonchev–Trinajstić information content (AvgIpc) is 2.74. The number of Topliss-reactive ketones (excluding diaryl/α,β-unsaturated/α-hetero) is 2. The van der Waals surface area contributed by atoms with Gasteiger partial charge in [-0.1, -0.05) is 48.5 Å². The highest BCUT2D eigenvalue weighted by molar-refractivity contribution is 5.89. The van der Waals surface area contributed by atoms with Gasteiger partial charge in [-0.15, -0.1) is 0 Å². The largest absolute Gasteiger partial charge is 0.303 e. The summed E-state index contributed by atoms with van der Waals surface area (Å²) < 4.78 is 0. The van der Waals surface area contributed by atoms with Crippen LogP contribution in [0.5, 0.6) is 0 Å². The maximum atomic E-state index is 14.5. The Morgan fingerprint density at radius 3 is 2.12 bits per heavy atom. The van der Waals surface area contributed by atoms with Gasteiger partial charge in [0.15, 0.2) is 0 Å². The van der Waals surface area contributed by atoms with Crippen molar-refractivity contribution in [2.75, 3.05) is 0 Å². The first kappa shape index (κ1) is 23.7. The van der Waals surface area contributed by atoms with E-state index in [4.69, 9.17) is 0 Å². The van der Waals surface area contributed by atoms with E-state index in [9.17, 15) is 14.4 Å². The van der Waals surface area contributed by atoms with Crippen molar-refractivity contribution in [3.8, 4) is 0 Å². The average molecular weight is 455 g/mol. The third-order valence-corrected chi connectivity index (χ3v) is 13.3. The zero-order valence-corrected chi connectivity index (χ0v) is 22.2. The minimum absolute atomic E-state index is 0.0129. The molecule has 0 N–H and O–H groups in total. The molecule has 3 nitrogen and oxygen atoms in total. The minimum atomic E-state index is -0.433. The van der Waals surface area contributed by atoms with E-state index in [0.717, 1.165) is 51.4 Å². The van der Waals surface area contributed by atoms with Gasteiger partial charge in [0.2, 0.25) is 0 Å². The van der Waals surface area contributed by atoms with Gasteiger partial charge in [0.25, 0.3) is 0 Å². The Morgan fingerprint density at radius 1 is 0.788 bits per heavy atom. The van der Waals surface area contributed by atoms with Crippen LogP contribution in [0.3, 0.4) is 0 Å². The molecular weight excluding hydrogens is 408 g/mol. The molecule has 0 bridgehead atoms. The van der Waals surface area contributed by atoms with Crippen LogP contribution < -0.4 is 0 Å². The van der Waals surface area contributed by atoms with Crippen molar-refractivity contribution in [2.24, 2.45) is 56.2 Å². The van der Waals surface area contributed by atoms with Crippen LogP contribution in [-0.2, 0) is 14.4 Å². The van der Waals surface area contributed by atoms with Gasteiger partial charge in [-0.2, -0.15) is 0 Å². The molecule has 5 rings (SSSR count). The quantitative estimate of drug-likeness (QED) is 0.409. The van der Waals surface area contributed by atoms with E-state index in [2.05, 4.69) is 48.5 Å². The van der Waals surface area contributed by atoms with Crippen LogP contribution in [0.2, 0.25) is 0 Å². The first-order valence-electron chi connectivity index (χ1n) is 13.7. The Kier molecular flexibility index (Phi) is 4.90. The molecule has 0 amide bonds. The third kappa shape index (κ3) is 2.72. The van der Waals surface area contributed by atoms with Crippen LogP contribution in [0.25, 0.3) is 0 Å². The summed E-state index contributed by atoms with van der Waals surface area (Å²) in [6.07, 6.45) is 10.7. The maximum absolute atomic E-state index is 14.5. The molecule has 5 saturated carbocycles. The number of carbonyl (C=O) groups excluding carboxylic acids is 3. The summed E-state index contributed by atoms with van der Waals surface area (Å²) in [6, 6.07) is 0. The van der Waals surface area contributed by atoms with E-state index < -0.39 is 5.41 Å². The standard InChI is InChI=1S/C30H46O3/c1-19-20(32)8-9-21-26(19,4)11-10-22-27(21,5)17-24(33)29(7)23-16-25(2,3)12-14-30(23,18-31)15-13-28(22,29)6/h18-19,21-23H,8-17H2,1-7H3/t19-,21+,22-,23-,26+,27-,28+,29+,30+/m0/s1. The molecule has 33 heavy (non-hydrogen) atoms. The fourth-order valence-electron chi connectivity index (χ4n) is 10.9. The minimum Gasteiger partial charge on any atom is -0.303 e. The molecule has 5 fully saturated rings. The zero-order chi connectivity index (χ0) is 24.2.